The van der Waals surface area contributed by atoms with Gasteiger partial charge in [-0.3, -0.25) is 0 Å². The van der Waals surface area contributed by atoms with E-state index in [1.807, 2.05) is 6.08 Å². The van der Waals surface area contributed by atoms with Gasteiger partial charge >= 0.3 is 0 Å². The Bertz CT molecular complexity index is 2110. The maximum absolute atomic E-state index is 4.04. The molecule has 0 aliphatic rings. The van der Waals surface area contributed by atoms with E-state index in [0.29, 0.717) is 0 Å². The van der Waals surface area contributed by atoms with Crippen LogP contribution < -0.4 is 10.6 Å². The van der Waals surface area contributed by atoms with Crippen LogP contribution in [0.5, 0.6) is 0 Å². The van der Waals surface area contributed by atoms with Gasteiger partial charge in [-0.2, -0.15) is 0 Å². The third kappa shape index (κ3) is 3.65. The fraction of sp³-hybridized carbons (Fsp3) is 0.0270. The second kappa shape index (κ2) is 9.34. The standard InChI is InChI=1S/C37H28N2/c1-3-13-34-30(4-2)32-24-33-31-18-11-12-19-35(31)38(28-16-9-6-10-17-28)37(33)25-36(32)39(34)29-22-20-27(21-23-29)26-14-7-5-8-15-26/h3-25H,1H2,2H3/b30-4-,34-13+. The molecule has 2 aromatic heterocycles. The van der Waals surface area contributed by atoms with Crippen LogP contribution in [-0.2, 0) is 0 Å². The molecule has 0 saturated carbocycles. The number of para-hydroxylation sites is 2. The molecule has 2 heteroatoms. The Hall–Kier alpha value is -5.08. The van der Waals surface area contributed by atoms with E-state index in [2.05, 4.69) is 156 Å². The number of nitrogens with zero attached hydrogens (tertiary/aromatic N) is 2. The normalized spacial score (nSPS) is 12.6. The van der Waals surface area contributed by atoms with Crippen molar-refractivity contribution in [3.63, 3.8) is 0 Å². The number of allylic oxidation sites excluding steroid dienone is 1. The Labute approximate surface area is 227 Å². The third-order valence-electron chi connectivity index (χ3n) is 7.65. The van der Waals surface area contributed by atoms with Crippen molar-refractivity contribution in [3.05, 3.63) is 145 Å². The van der Waals surface area contributed by atoms with E-state index >= 15 is 0 Å². The van der Waals surface area contributed by atoms with E-state index < -0.39 is 0 Å². The summed E-state index contributed by atoms with van der Waals surface area (Å²) in [6.45, 7) is 6.16. The second-order valence-electron chi connectivity index (χ2n) is 9.81. The van der Waals surface area contributed by atoms with E-state index in [1.54, 1.807) is 0 Å². The Morgan fingerprint density at radius 3 is 1.87 bits per heavy atom. The Morgan fingerprint density at radius 2 is 1.15 bits per heavy atom. The van der Waals surface area contributed by atoms with Gasteiger partial charge in [0.05, 0.1) is 21.9 Å². The number of rotatable bonds is 4. The predicted octanol–water partition coefficient (Wildman–Crippen LogP) is 8.16. The number of fused-ring (bicyclic) bond motifs is 4. The molecule has 0 spiro atoms. The topological polar surface area (TPSA) is 9.86 Å². The van der Waals surface area contributed by atoms with Crippen molar-refractivity contribution in [2.75, 3.05) is 0 Å². The first kappa shape index (κ1) is 23.1. The van der Waals surface area contributed by atoms with Crippen LogP contribution in [0.3, 0.4) is 0 Å². The van der Waals surface area contributed by atoms with Gasteiger partial charge in [0.1, 0.15) is 0 Å². The average molecular weight is 501 g/mol. The summed E-state index contributed by atoms with van der Waals surface area (Å²) in [4.78, 5) is 0. The smallest absolute Gasteiger partial charge is 0.0562 e. The van der Waals surface area contributed by atoms with Gasteiger partial charge in [-0.1, -0.05) is 97.6 Å². The number of hydrogen-bond acceptors (Lipinski definition) is 0. The molecule has 39 heavy (non-hydrogen) atoms. The number of aromatic nitrogens is 2. The van der Waals surface area contributed by atoms with E-state index in [4.69, 9.17) is 0 Å². The lowest BCUT2D eigenvalue weighted by Crippen LogP contribution is -2.27. The molecule has 0 N–H and O–H groups in total. The fourth-order valence-corrected chi connectivity index (χ4v) is 5.94. The Morgan fingerprint density at radius 1 is 0.538 bits per heavy atom. The molecular formula is C37H28N2. The first-order chi connectivity index (χ1) is 19.3. The number of benzene rings is 5. The summed E-state index contributed by atoms with van der Waals surface area (Å²) in [5, 5.41) is 6.11. The lowest BCUT2D eigenvalue weighted by atomic mass is 10.1. The largest absolute Gasteiger partial charge is 0.309 e. The van der Waals surface area contributed by atoms with Crippen LogP contribution in [0.4, 0.5) is 0 Å². The minimum Gasteiger partial charge on any atom is -0.309 e. The van der Waals surface area contributed by atoms with Crippen molar-refractivity contribution in [1.82, 2.24) is 9.13 Å². The Balaban J connectivity index is 1.58. The van der Waals surface area contributed by atoms with Crippen LogP contribution in [0.2, 0.25) is 0 Å². The highest BCUT2D eigenvalue weighted by Gasteiger charge is 2.17. The number of hydrogen-bond donors (Lipinski definition) is 0. The summed E-state index contributed by atoms with van der Waals surface area (Å²) in [6, 6.07) is 43.5. The van der Waals surface area contributed by atoms with Gasteiger partial charge in [-0.05, 0) is 66.6 Å². The van der Waals surface area contributed by atoms with Crippen molar-refractivity contribution in [2.24, 2.45) is 0 Å². The molecule has 0 fully saturated rings. The summed E-state index contributed by atoms with van der Waals surface area (Å²) < 4.78 is 4.75. The molecule has 7 aromatic rings. The highest BCUT2D eigenvalue weighted by molar-refractivity contribution is 6.13. The first-order valence-corrected chi connectivity index (χ1v) is 13.4. The molecule has 0 saturated heterocycles. The van der Waals surface area contributed by atoms with Gasteiger partial charge in [0.25, 0.3) is 0 Å². The zero-order valence-electron chi connectivity index (χ0n) is 21.9. The van der Waals surface area contributed by atoms with E-state index in [0.717, 1.165) is 16.7 Å². The average Bonchev–Trinajstić information content (AvgIpc) is 3.48. The van der Waals surface area contributed by atoms with Gasteiger partial charge in [0.2, 0.25) is 0 Å². The third-order valence-corrected chi connectivity index (χ3v) is 7.65. The van der Waals surface area contributed by atoms with Crippen molar-refractivity contribution < 1.29 is 0 Å². The molecule has 0 atom stereocenters. The maximum Gasteiger partial charge on any atom is 0.0562 e. The molecule has 2 heterocycles. The van der Waals surface area contributed by atoms with Crippen molar-refractivity contribution in [2.45, 2.75) is 6.92 Å². The molecule has 5 aromatic carbocycles. The van der Waals surface area contributed by atoms with Crippen molar-refractivity contribution >= 4 is 44.9 Å². The highest BCUT2D eigenvalue weighted by Crippen LogP contribution is 2.34. The molecule has 0 amide bonds. The minimum atomic E-state index is 1.13. The van der Waals surface area contributed by atoms with E-state index in [-0.39, 0.29) is 0 Å². The summed E-state index contributed by atoms with van der Waals surface area (Å²) in [6.07, 6.45) is 6.22. The zero-order valence-corrected chi connectivity index (χ0v) is 21.9. The van der Waals surface area contributed by atoms with Crippen LogP contribution in [0.15, 0.2) is 134 Å². The lowest BCUT2D eigenvalue weighted by Gasteiger charge is -2.10. The van der Waals surface area contributed by atoms with E-state index in [9.17, 15) is 0 Å². The molecule has 0 radical (unpaired) electrons. The molecule has 7 rings (SSSR count). The summed E-state index contributed by atoms with van der Waals surface area (Å²) in [5.41, 5.74) is 8.30. The molecule has 2 nitrogen and oxygen atoms in total. The Kier molecular flexibility index (Phi) is 5.53. The summed E-state index contributed by atoms with van der Waals surface area (Å²) in [5.74, 6) is 0. The van der Waals surface area contributed by atoms with Crippen LogP contribution in [0, 0.1) is 0 Å². The molecule has 0 aliphatic heterocycles. The van der Waals surface area contributed by atoms with Crippen LogP contribution >= 0.6 is 0 Å². The van der Waals surface area contributed by atoms with Gasteiger partial charge in [-0.15, -0.1) is 0 Å². The molecule has 0 bridgehead atoms. The van der Waals surface area contributed by atoms with Crippen LogP contribution in [0.25, 0.3) is 67.4 Å². The van der Waals surface area contributed by atoms with E-state index in [1.165, 1.54) is 49.1 Å². The summed E-state index contributed by atoms with van der Waals surface area (Å²) >= 11 is 0. The van der Waals surface area contributed by atoms with Gasteiger partial charge < -0.3 is 9.13 Å². The monoisotopic (exact) mass is 500 g/mol. The minimum absolute atomic E-state index is 1.13. The molecule has 0 aliphatic carbocycles. The van der Waals surface area contributed by atoms with Crippen molar-refractivity contribution in [1.29, 1.82) is 0 Å². The fourth-order valence-electron chi connectivity index (χ4n) is 5.94. The van der Waals surface area contributed by atoms with Crippen LogP contribution in [0.1, 0.15) is 6.92 Å². The highest BCUT2D eigenvalue weighted by atomic mass is 15.0. The van der Waals surface area contributed by atoms with Gasteiger partial charge in [0.15, 0.2) is 0 Å². The molecule has 186 valence electrons. The quantitative estimate of drug-likeness (QED) is 0.231. The maximum atomic E-state index is 4.04. The molecule has 0 unspecified atom stereocenters. The SMILES string of the molecule is C=C/C=c1\c(=C/C)c2cc3c4ccccc4n(-c4ccccc4)c3cc2n1-c1ccc(-c2ccccc2)cc1. The van der Waals surface area contributed by atoms with Crippen LogP contribution in [-0.4, -0.2) is 9.13 Å². The second-order valence-corrected chi connectivity index (χ2v) is 9.81. The van der Waals surface area contributed by atoms with Crippen molar-refractivity contribution in [3.8, 4) is 22.5 Å². The zero-order chi connectivity index (χ0) is 26.3. The lowest BCUT2D eigenvalue weighted by molar-refractivity contribution is 1.07. The predicted molar refractivity (Wildman–Crippen MR) is 167 cm³/mol. The van der Waals surface area contributed by atoms with Gasteiger partial charge in [-0.25, -0.2) is 0 Å². The molecular weight excluding hydrogens is 472 g/mol. The first-order valence-electron chi connectivity index (χ1n) is 13.4. The van der Waals surface area contributed by atoms with Gasteiger partial charge in [0, 0.05) is 32.8 Å². The summed E-state index contributed by atoms with van der Waals surface area (Å²) in [7, 11) is 0.